The zero-order valence-electron chi connectivity index (χ0n) is 48.3. The average Bonchev–Trinajstić information content (AvgIpc) is 3.41. The Balaban J connectivity index is 2.21. The molecule has 0 aromatic carbocycles. The molecule has 7 atom stereocenters. The molecule has 9 nitrogen and oxygen atoms in total. The summed E-state index contributed by atoms with van der Waals surface area (Å²) in [5.74, 6) is -0.201. The number of unbranched alkanes of at least 4 members (excludes halogenated alkanes) is 29. The first-order valence-electron chi connectivity index (χ1n) is 31.3. The van der Waals surface area contributed by atoms with Gasteiger partial charge in [-0.3, -0.25) is 4.79 Å². The molecule has 1 rings (SSSR count). The summed E-state index contributed by atoms with van der Waals surface area (Å²) in [5, 5.41) is 54.7. The molecule has 1 saturated heterocycles. The van der Waals surface area contributed by atoms with E-state index in [1.54, 1.807) is 0 Å². The van der Waals surface area contributed by atoms with E-state index >= 15 is 0 Å². The molecule has 0 spiro atoms. The number of hydrogen-bond acceptors (Lipinski definition) is 8. The van der Waals surface area contributed by atoms with Crippen molar-refractivity contribution in [1.82, 2.24) is 5.32 Å². The predicted octanol–water partition coefficient (Wildman–Crippen LogP) is 16.2. The van der Waals surface area contributed by atoms with Crippen molar-refractivity contribution >= 4 is 5.91 Å². The van der Waals surface area contributed by atoms with Gasteiger partial charge in [0.05, 0.1) is 25.4 Å². The first-order valence-corrected chi connectivity index (χ1v) is 31.3. The van der Waals surface area contributed by atoms with Gasteiger partial charge < -0.3 is 40.3 Å². The van der Waals surface area contributed by atoms with Crippen LogP contribution in [0.25, 0.3) is 0 Å². The topological polar surface area (TPSA) is 149 Å². The third-order valence-corrected chi connectivity index (χ3v) is 14.5. The summed E-state index contributed by atoms with van der Waals surface area (Å²) in [6.07, 6.45) is 70.6. The summed E-state index contributed by atoms with van der Waals surface area (Å²) in [6.45, 7) is 3.71. The largest absolute Gasteiger partial charge is 0.394 e. The van der Waals surface area contributed by atoms with Gasteiger partial charge in [-0.15, -0.1) is 0 Å². The fourth-order valence-corrected chi connectivity index (χ4v) is 9.62. The molecule has 1 aliphatic rings. The normalized spacial score (nSPS) is 19.5. The molecule has 0 bridgehead atoms. The molecule has 9 heteroatoms. The van der Waals surface area contributed by atoms with E-state index in [9.17, 15) is 30.3 Å². The summed E-state index contributed by atoms with van der Waals surface area (Å²) in [6, 6.07) is -0.757. The van der Waals surface area contributed by atoms with Crippen LogP contribution in [0.1, 0.15) is 271 Å². The number of ether oxygens (including phenoxy) is 2. The van der Waals surface area contributed by atoms with Crippen LogP contribution < -0.4 is 5.32 Å². The molecule has 1 aliphatic heterocycles. The second kappa shape index (κ2) is 54.7. The highest BCUT2D eigenvalue weighted by atomic mass is 16.7. The van der Waals surface area contributed by atoms with Gasteiger partial charge in [0.1, 0.15) is 24.4 Å². The van der Waals surface area contributed by atoms with Gasteiger partial charge in [0.25, 0.3) is 0 Å². The quantitative estimate of drug-likeness (QED) is 0.0261. The van der Waals surface area contributed by atoms with E-state index in [4.69, 9.17) is 9.47 Å². The van der Waals surface area contributed by atoms with E-state index in [-0.39, 0.29) is 18.9 Å². The Hall–Kier alpha value is -2.63. The minimum absolute atomic E-state index is 0.166. The Kier molecular flexibility index (Phi) is 51.3. The molecule has 1 fully saturated rings. The van der Waals surface area contributed by atoms with Gasteiger partial charge in [0, 0.05) is 6.42 Å². The van der Waals surface area contributed by atoms with Crippen LogP contribution in [0.5, 0.6) is 0 Å². The maximum Gasteiger partial charge on any atom is 0.220 e. The van der Waals surface area contributed by atoms with Crippen LogP contribution >= 0.6 is 0 Å². The fraction of sp³-hybridized carbons (Fsp3) is 0.773. The summed E-state index contributed by atoms with van der Waals surface area (Å²) >= 11 is 0. The zero-order valence-corrected chi connectivity index (χ0v) is 48.3. The van der Waals surface area contributed by atoms with Gasteiger partial charge in [-0.2, -0.15) is 0 Å². The first-order chi connectivity index (χ1) is 36.8. The number of rotatable bonds is 53. The van der Waals surface area contributed by atoms with Gasteiger partial charge in [0.2, 0.25) is 5.91 Å². The minimum Gasteiger partial charge on any atom is -0.394 e. The lowest BCUT2D eigenvalue weighted by Crippen LogP contribution is -2.60. The minimum atomic E-state index is -1.57. The molecule has 0 aromatic heterocycles. The van der Waals surface area contributed by atoms with E-state index in [2.05, 4.69) is 104 Å². The molecule has 75 heavy (non-hydrogen) atoms. The third-order valence-electron chi connectivity index (χ3n) is 14.5. The molecular weight excluding hydrogens is 935 g/mol. The van der Waals surface area contributed by atoms with E-state index < -0.39 is 49.5 Å². The Morgan fingerprint density at radius 2 is 0.813 bits per heavy atom. The molecule has 6 N–H and O–H groups in total. The molecule has 0 aromatic rings. The monoisotopic (exact) mass is 1050 g/mol. The highest BCUT2D eigenvalue weighted by Gasteiger charge is 2.44. The van der Waals surface area contributed by atoms with Gasteiger partial charge in [-0.25, -0.2) is 0 Å². The van der Waals surface area contributed by atoms with Crippen LogP contribution in [0, 0.1) is 0 Å². The predicted molar refractivity (Wildman–Crippen MR) is 318 cm³/mol. The van der Waals surface area contributed by atoms with E-state index in [0.29, 0.717) is 12.8 Å². The summed E-state index contributed by atoms with van der Waals surface area (Å²) < 4.78 is 11.3. The molecule has 0 aliphatic carbocycles. The Labute approximate surface area is 461 Å². The van der Waals surface area contributed by atoms with Gasteiger partial charge in [-0.1, -0.05) is 285 Å². The van der Waals surface area contributed by atoms with Crippen molar-refractivity contribution in [2.45, 2.75) is 314 Å². The Morgan fingerprint density at radius 1 is 0.467 bits per heavy atom. The van der Waals surface area contributed by atoms with Crippen molar-refractivity contribution in [2.24, 2.45) is 0 Å². The molecule has 1 heterocycles. The molecule has 0 saturated carbocycles. The zero-order chi connectivity index (χ0) is 54.3. The number of hydrogen-bond donors (Lipinski definition) is 6. The van der Waals surface area contributed by atoms with Gasteiger partial charge in [-0.05, 0) is 64.2 Å². The van der Waals surface area contributed by atoms with Crippen LogP contribution in [-0.2, 0) is 14.3 Å². The number of aliphatic hydroxyl groups excluding tert-OH is 5. The van der Waals surface area contributed by atoms with Crippen LogP contribution in [0.4, 0.5) is 0 Å². The first kappa shape index (κ1) is 70.4. The van der Waals surface area contributed by atoms with Crippen molar-refractivity contribution < 1.29 is 39.8 Å². The highest BCUT2D eigenvalue weighted by molar-refractivity contribution is 5.76. The number of carbonyl (C=O) groups excluding carboxylic acids is 1. The Morgan fingerprint density at radius 3 is 1.17 bits per heavy atom. The highest BCUT2D eigenvalue weighted by Crippen LogP contribution is 2.23. The van der Waals surface area contributed by atoms with Crippen LogP contribution in [0.2, 0.25) is 0 Å². The second-order valence-electron chi connectivity index (χ2n) is 21.5. The number of carbonyl (C=O) groups is 1. The van der Waals surface area contributed by atoms with Gasteiger partial charge >= 0.3 is 0 Å². The summed E-state index contributed by atoms with van der Waals surface area (Å²) in [4.78, 5) is 13.1. The van der Waals surface area contributed by atoms with E-state index in [1.807, 2.05) is 0 Å². The average molecular weight is 1050 g/mol. The van der Waals surface area contributed by atoms with Crippen LogP contribution in [0.15, 0.2) is 85.1 Å². The lowest BCUT2D eigenvalue weighted by atomic mass is 9.99. The summed E-state index contributed by atoms with van der Waals surface area (Å²) in [7, 11) is 0. The third kappa shape index (κ3) is 44.0. The molecular formula is C66H117NO8. The van der Waals surface area contributed by atoms with Crippen molar-refractivity contribution in [2.75, 3.05) is 13.2 Å². The number of amides is 1. The maximum atomic E-state index is 13.1. The molecule has 0 radical (unpaired) electrons. The standard InChI is InChI=1S/C66H117NO8/c1-3-5-7-9-11-13-15-17-19-21-23-25-27-28-29-30-31-32-34-35-37-39-41-43-45-47-49-51-53-55-60(69)59(58-74-66-65(73)64(72)63(71)61(57-68)75-66)67-62(70)56-54-52-50-48-46-44-42-40-38-36-33-26-24-22-20-18-16-14-12-10-8-6-4-2/h6,8,12,14,18,20,24,26,36,38,42,44,48,50,59-61,63-66,68-69,71-73H,3-5,7,9-11,13,15-17,19,21-23,25,27-35,37,39-41,43,45-47,49,51-58H2,1-2H3,(H,67,70)/b8-6-,14-12-,20-18-,26-24-,38-36-,44-42-,50-48-. The Bertz CT molecular complexity index is 1450. The van der Waals surface area contributed by atoms with Crippen LogP contribution in [0.3, 0.4) is 0 Å². The lowest BCUT2D eigenvalue weighted by Gasteiger charge is -2.40. The maximum absolute atomic E-state index is 13.1. The summed E-state index contributed by atoms with van der Waals surface area (Å²) in [5.41, 5.74) is 0. The molecule has 434 valence electrons. The van der Waals surface area contributed by atoms with Crippen molar-refractivity contribution in [3.63, 3.8) is 0 Å². The van der Waals surface area contributed by atoms with Gasteiger partial charge in [0.15, 0.2) is 6.29 Å². The molecule has 7 unspecified atom stereocenters. The van der Waals surface area contributed by atoms with E-state index in [0.717, 1.165) is 70.6 Å². The fourth-order valence-electron chi connectivity index (χ4n) is 9.62. The number of aliphatic hydroxyl groups is 5. The lowest BCUT2D eigenvalue weighted by molar-refractivity contribution is -0.302. The SMILES string of the molecule is CC/C=C\C/C=C\C/C=C\C/C=C\C/C=C\C/C=C\C/C=C\CCCC(=O)NC(COC1OC(CO)C(O)C(O)C1O)C(O)CCCCCCCCCCCCCCCCCCCCCCCCCCCCCCC. The molecule has 1 amide bonds. The van der Waals surface area contributed by atoms with Crippen molar-refractivity contribution in [3.05, 3.63) is 85.1 Å². The van der Waals surface area contributed by atoms with Crippen LogP contribution in [-0.4, -0.2) is 87.5 Å². The number of allylic oxidation sites excluding steroid dienone is 14. The van der Waals surface area contributed by atoms with Crippen molar-refractivity contribution in [1.29, 1.82) is 0 Å². The second-order valence-corrected chi connectivity index (χ2v) is 21.5. The van der Waals surface area contributed by atoms with E-state index in [1.165, 1.54) is 167 Å². The smallest absolute Gasteiger partial charge is 0.220 e. The number of nitrogens with one attached hydrogen (secondary N) is 1. The van der Waals surface area contributed by atoms with Crippen molar-refractivity contribution in [3.8, 4) is 0 Å².